The molecule has 6 nitrogen and oxygen atoms in total. The summed E-state index contributed by atoms with van der Waals surface area (Å²) in [4.78, 5) is 5.41. The average Bonchev–Trinajstić information content (AvgIpc) is 3.51. The Balaban J connectivity index is 2.03. The molecule has 0 atom stereocenters. The highest BCUT2D eigenvalue weighted by Crippen LogP contribution is 2.46. The van der Waals surface area contributed by atoms with Gasteiger partial charge in [-0.1, -0.05) is 30.3 Å². The van der Waals surface area contributed by atoms with Crippen LogP contribution in [0.2, 0.25) is 0 Å². The van der Waals surface area contributed by atoms with Gasteiger partial charge in [0, 0.05) is 22.0 Å². The zero-order valence-corrected chi connectivity index (χ0v) is 15.0. The van der Waals surface area contributed by atoms with Crippen molar-refractivity contribution >= 4 is 28.7 Å². The maximum absolute atomic E-state index is 6.28. The highest BCUT2D eigenvalue weighted by molar-refractivity contribution is 7.97. The fourth-order valence-electron chi connectivity index (χ4n) is 3.38. The smallest absolute Gasteiger partial charge is 0.153 e. The van der Waals surface area contributed by atoms with Crippen LogP contribution in [0.15, 0.2) is 58.7 Å². The molecule has 0 radical (unpaired) electrons. The number of pyridine rings is 1. The minimum Gasteiger partial charge on any atom is -0.382 e. The Hall–Kier alpha value is -2.61. The lowest BCUT2D eigenvalue weighted by Crippen LogP contribution is -2.24. The van der Waals surface area contributed by atoms with Crippen LogP contribution in [-0.4, -0.2) is 10.8 Å². The lowest BCUT2D eigenvalue weighted by molar-refractivity contribution is 0.803. The number of fused-ring (bicyclic) bond motifs is 1. The molecule has 1 aliphatic carbocycles. The van der Waals surface area contributed by atoms with Crippen LogP contribution < -0.4 is 22.3 Å². The first kappa shape index (κ1) is 16.8. The van der Waals surface area contributed by atoms with Gasteiger partial charge in [-0.3, -0.25) is 10.1 Å². The standard InChI is InChI=1S/C19H20N6S/c20-19(24-25-21)17-15(9-8-12(11-6-7-11)18(17)26-22)13-3-1-5-16-14(13)4-2-10-23-16/h1-5,8-11,25H,6-7,21-22H2,(H2,20,24). The van der Waals surface area contributed by atoms with Crippen LogP contribution in [0.25, 0.3) is 22.0 Å². The summed E-state index contributed by atoms with van der Waals surface area (Å²) in [5.41, 5.74) is 13.6. The van der Waals surface area contributed by atoms with Gasteiger partial charge >= 0.3 is 0 Å². The monoisotopic (exact) mass is 364 g/mol. The average molecular weight is 364 g/mol. The molecule has 1 fully saturated rings. The Kier molecular flexibility index (Phi) is 4.50. The number of aromatic nitrogens is 1. The fraction of sp³-hybridized carbons (Fsp3) is 0.158. The molecular formula is C19H20N6S. The summed E-state index contributed by atoms with van der Waals surface area (Å²) in [6.45, 7) is 0. The molecule has 0 unspecified atom stereocenters. The molecule has 2 aromatic carbocycles. The van der Waals surface area contributed by atoms with Crippen molar-refractivity contribution in [2.75, 3.05) is 0 Å². The van der Waals surface area contributed by atoms with Crippen LogP contribution in [-0.2, 0) is 0 Å². The van der Waals surface area contributed by atoms with Crippen molar-refractivity contribution < 1.29 is 0 Å². The summed E-state index contributed by atoms with van der Waals surface area (Å²) >= 11 is 1.21. The van der Waals surface area contributed by atoms with Crippen molar-refractivity contribution in [1.29, 1.82) is 0 Å². The van der Waals surface area contributed by atoms with E-state index >= 15 is 0 Å². The zero-order valence-electron chi connectivity index (χ0n) is 14.1. The first-order chi connectivity index (χ1) is 12.7. The van der Waals surface area contributed by atoms with E-state index in [2.05, 4.69) is 39.9 Å². The maximum atomic E-state index is 6.28. The predicted molar refractivity (Wildman–Crippen MR) is 107 cm³/mol. The predicted octanol–water partition coefficient (Wildman–Crippen LogP) is 2.83. The molecule has 7 heteroatoms. The number of hydrogen-bond acceptors (Lipinski definition) is 6. The van der Waals surface area contributed by atoms with Crippen molar-refractivity contribution in [3.8, 4) is 11.1 Å². The van der Waals surface area contributed by atoms with E-state index < -0.39 is 0 Å². The SMILES string of the molecule is NN/N=C(\N)c1c(-c2cccc3ncccc23)ccc(C2CC2)c1SN. The molecule has 1 saturated carbocycles. The van der Waals surface area contributed by atoms with Gasteiger partial charge < -0.3 is 5.73 Å². The number of hydrazine groups is 1. The van der Waals surface area contributed by atoms with Gasteiger partial charge in [-0.2, -0.15) is 0 Å². The van der Waals surface area contributed by atoms with Crippen molar-refractivity contribution in [2.24, 2.45) is 21.8 Å². The van der Waals surface area contributed by atoms with Crippen LogP contribution in [0.4, 0.5) is 0 Å². The largest absolute Gasteiger partial charge is 0.382 e. The molecular weight excluding hydrogens is 344 g/mol. The first-order valence-corrected chi connectivity index (χ1v) is 9.29. The highest BCUT2D eigenvalue weighted by Gasteiger charge is 2.29. The van der Waals surface area contributed by atoms with Crippen LogP contribution in [0.1, 0.15) is 29.9 Å². The number of hydrazone groups is 1. The van der Waals surface area contributed by atoms with E-state index in [1.54, 1.807) is 6.20 Å². The minimum absolute atomic E-state index is 0.318. The minimum atomic E-state index is 0.318. The number of rotatable bonds is 5. The number of amidine groups is 1. The second-order valence-corrected chi connectivity index (χ2v) is 6.94. The molecule has 0 bridgehead atoms. The molecule has 1 aliphatic rings. The fourth-order valence-corrected chi connectivity index (χ4v) is 4.09. The lowest BCUT2D eigenvalue weighted by Gasteiger charge is -2.18. The van der Waals surface area contributed by atoms with Crippen LogP contribution in [0.3, 0.4) is 0 Å². The van der Waals surface area contributed by atoms with E-state index in [1.807, 2.05) is 18.2 Å². The summed E-state index contributed by atoms with van der Waals surface area (Å²) in [7, 11) is 0. The van der Waals surface area contributed by atoms with Gasteiger partial charge in [0.2, 0.25) is 0 Å². The summed E-state index contributed by atoms with van der Waals surface area (Å²) < 4.78 is 0. The van der Waals surface area contributed by atoms with E-state index in [-0.39, 0.29) is 0 Å². The Morgan fingerprint density at radius 2 is 1.96 bits per heavy atom. The third-order valence-corrected chi connectivity index (χ3v) is 5.38. The van der Waals surface area contributed by atoms with Gasteiger partial charge in [0.15, 0.2) is 5.84 Å². The second-order valence-electron chi connectivity index (χ2n) is 6.30. The molecule has 0 aliphatic heterocycles. The Morgan fingerprint density at radius 1 is 1.12 bits per heavy atom. The summed E-state index contributed by atoms with van der Waals surface area (Å²) in [5, 5.41) is 11.1. The van der Waals surface area contributed by atoms with E-state index in [4.69, 9.17) is 16.7 Å². The molecule has 4 rings (SSSR count). The molecule has 0 saturated heterocycles. The van der Waals surface area contributed by atoms with Crippen molar-refractivity contribution in [1.82, 2.24) is 10.5 Å². The zero-order chi connectivity index (χ0) is 18.1. The van der Waals surface area contributed by atoms with Gasteiger partial charge in [0.25, 0.3) is 0 Å². The van der Waals surface area contributed by atoms with Gasteiger partial charge in [-0.25, -0.2) is 11.4 Å². The first-order valence-electron chi connectivity index (χ1n) is 8.41. The molecule has 26 heavy (non-hydrogen) atoms. The van der Waals surface area contributed by atoms with Gasteiger partial charge in [0.1, 0.15) is 0 Å². The van der Waals surface area contributed by atoms with Gasteiger partial charge in [-0.15, -0.1) is 5.10 Å². The Labute approximate surface area is 156 Å². The molecule has 0 spiro atoms. The van der Waals surface area contributed by atoms with E-state index in [1.165, 1.54) is 30.4 Å². The number of benzene rings is 2. The lowest BCUT2D eigenvalue weighted by atomic mass is 9.93. The number of nitrogens with one attached hydrogen (secondary N) is 1. The van der Waals surface area contributed by atoms with Crippen LogP contribution in [0, 0.1) is 0 Å². The summed E-state index contributed by atoms with van der Waals surface area (Å²) in [6.07, 6.45) is 4.14. The second kappa shape index (κ2) is 6.95. The van der Waals surface area contributed by atoms with E-state index in [0.717, 1.165) is 32.5 Å². The molecule has 7 N–H and O–H groups in total. The maximum Gasteiger partial charge on any atom is 0.153 e. The number of nitrogens with zero attached hydrogens (tertiary/aromatic N) is 2. The van der Waals surface area contributed by atoms with Crippen LogP contribution in [0.5, 0.6) is 0 Å². The van der Waals surface area contributed by atoms with E-state index in [9.17, 15) is 0 Å². The molecule has 0 amide bonds. The third kappa shape index (κ3) is 2.90. The Bertz CT molecular complexity index is 991. The molecule has 132 valence electrons. The third-order valence-electron chi connectivity index (χ3n) is 4.70. The molecule has 1 aromatic heterocycles. The van der Waals surface area contributed by atoms with E-state index in [0.29, 0.717) is 11.8 Å². The highest BCUT2D eigenvalue weighted by atomic mass is 32.2. The summed E-state index contributed by atoms with van der Waals surface area (Å²) in [6, 6.07) is 14.3. The van der Waals surface area contributed by atoms with Gasteiger partial charge in [0.05, 0.1) is 5.52 Å². The molecule has 1 heterocycles. The number of nitrogens with two attached hydrogens (primary N) is 3. The number of hydrogen-bond donors (Lipinski definition) is 4. The van der Waals surface area contributed by atoms with Crippen LogP contribution >= 0.6 is 11.9 Å². The topological polar surface area (TPSA) is 115 Å². The van der Waals surface area contributed by atoms with Gasteiger partial charge in [-0.05, 0) is 59.5 Å². The van der Waals surface area contributed by atoms with Crippen molar-refractivity contribution in [2.45, 2.75) is 23.7 Å². The molecule has 3 aromatic rings. The summed E-state index contributed by atoms with van der Waals surface area (Å²) in [5.74, 6) is 6.24. The normalized spacial score (nSPS) is 14.6. The van der Waals surface area contributed by atoms with Crippen molar-refractivity contribution in [3.63, 3.8) is 0 Å². The quantitative estimate of drug-likeness (QED) is 0.182. The Morgan fingerprint density at radius 3 is 2.69 bits per heavy atom. The van der Waals surface area contributed by atoms with Crippen molar-refractivity contribution in [3.05, 3.63) is 59.8 Å².